The van der Waals surface area contributed by atoms with Crippen molar-refractivity contribution in [2.24, 2.45) is 0 Å². The summed E-state index contributed by atoms with van der Waals surface area (Å²) in [6.07, 6.45) is 3.54. The second-order valence-corrected chi connectivity index (χ2v) is 7.53. The van der Waals surface area contributed by atoms with Crippen molar-refractivity contribution in [3.8, 4) is 22.4 Å². The van der Waals surface area contributed by atoms with Crippen LogP contribution in [-0.2, 0) is 0 Å². The summed E-state index contributed by atoms with van der Waals surface area (Å²) in [7, 11) is 0. The van der Waals surface area contributed by atoms with Crippen LogP contribution in [0.25, 0.3) is 28.0 Å². The van der Waals surface area contributed by atoms with E-state index < -0.39 is 0 Å². The summed E-state index contributed by atoms with van der Waals surface area (Å²) in [5.41, 5.74) is 5.72. The summed E-state index contributed by atoms with van der Waals surface area (Å²) in [4.78, 5) is 31.6. The lowest BCUT2D eigenvalue weighted by Crippen LogP contribution is -2.29. The number of hydrogen-bond donors (Lipinski definition) is 0. The third-order valence-corrected chi connectivity index (χ3v) is 5.68. The van der Waals surface area contributed by atoms with Crippen LogP contribution in [0, 0.1) is 0 Å². The standard InChI is InChI=1S/C26H16N4O2/c31-25-20-11-4-5-12-21(20)26(32)29(25)19-10-6-9-18(15-19)23-13-14-27-24-22(16-28-30(23)24)17-7-2-1-3-8-17/h1-16H. The number of anilines is 1. The molecule has 0 N–H and O–H groups in total. The van der Waals surface area contributed by atoms with Gasteiger partial charge in [-0.3, -0.25) is 9.59 Å². The summed E-state index contributed by atoms with van der Waals surface area (Å²) >= 11 is 0. The number of aromatic nitrogens is 3. The Morgan fingerprint density at radius 1 is 0.656 bits per heavy atom. The van der Waals surface area contributed by atoms with E-state index in [1.54, 1.807) is 47.2 Å². The van der Waals surface area contributed by atoms with Gasteiger partial charge in [0.05, 0.1) is 28.7 Å². The molecule has 0 spiro atoms. The van der Waals surface area contributed by atoms with Crippen LogP contribution in [0.1, 0.15) is 20.7 Å². The van der Waals surface area contributed by atoms with Crippen LogP contribution in [-0.4, -0.2) is 26.4 Å². The van der Waals surface area contributed by atoms with Gasteiger partial charge in [-0.1, -0.05) is 54.6 Å². The Balaban J connectivity index is 1.45. The first-order valence-electron chi connectivity index (χ1n) is 10.2. The minimum atomic E-state index is -0.312. The summed E-state index contributed by atoms with van der Waals surface area (Å²) in [6, 6.07) is 26.1. The Hall–Kier alpha value is -4.58. The summed E-state index contributed by atoms with van der Waals surface area (Å²) in [6.45, 7) is 0. The molecule has 6 rings (SSSR count). The molecule has 152 valence electrons. The van der Waals surface area contributed by atoms with Gasteiger partial charge >= 0.3 is 0 Å². The van der Waals surface area contributed by atoms with Gasteiger partial charge in [-0.2, -0.15) is 5.10 Å². The van der Waals surface area contributed by atoms with Crippen molar-refractivity contribution in [2.75, 3.05) is 4.90 Å². The van der Waals surface area contributed by atoms with Gasteiger partial charge in [-0.15, -0.1) is 0 Å². The van der Waals surface area contributed by atoms with Gasteiger partial charge in [-0.05, 0) is 35.9 Å². The predicted molar refractivity (Wildman–Crippen MR) is 121 cm³/mol. The first-order valence-corrected chi connectivity index (χ1v) is 10.2. The van der Waals surface area contributed by atoms with Crippen molar-refractivity contribution in [1.29, 1.82) is 0 Å². The lowest BCUT2D eigenvalue weighted by atomic mass is 10.1. The highest BCUT2D eigenvalue weighted by Gasteiger charge is 2.36. The highest BCUT2D eigenvalue weighted by molar-refractivity contribution is 6.34. The second-order valence-electron chi connectivity index (χ2n) is 7.53. The maximum absolute atomic E-state index is 12.9. The van der Waals surface area contributed by atoms with Crippen LogP contribution < -0.4 is 4.90 Å². The normalized spacial score (nSPS) is 13.1. The molecule has 0 radical (unpaired) electrons. The molecular formula is C26H16N4O2. The molecule has 1 aliphatic heterocycles. The predicted octanol–water partition coefficient (Wildman–Crippen LogP) is 4.86. The van der Waals surface area contributed by atoms with Crippen LogP contribution in [0.2, 0.25) is 0 Å². The third-order valence-electron chi connectivity index (χ3n) is 5.68. The maximum Gasteiger partial charge on any atom is 0.266 e. The van der Waals surface area contributed by atoms with Crippen LogP contribution >= 0.6 is 0 Å². The quantitative estimate of drug-likeness (QED) is 0.394. The number of imide groups is 1. The average Bonchev–Trinajstić information content (AvgIpc) is 3.39. The molecule has 3 aromatic carbocycles. The molecule has 0 fully saturated rings. The van der Waals surface area contributed by atoms with E-state index in [0.29, 0.717) is 16.8 Å². The highest BCUT2D eigenvalue weighted by Crippen LogP contribution is 2.32. The average molecular weight is 416 g/mol. The first-order chi connectivity index (χ1) is 15.7. The maximum atomic E-state index is 12.9. The van der Waals surface area contributed by atoms with Gasteiger partial charge in [0.25, 0.3) is 11.8 Å². The number of hydrogen-bond acceptors (Lipinski definition) is 4. The highest BCUT2D eigenvalue weighted by atomic mass is 16.2. The number of carbonyl (C=O) groups is 2. The van der Waals surface area contributed by atoms with Crippen LogP contribution in [0.15, 0.2) is 97.3 Å². The molecule has 32 heavy (non-hydrogen) atoms. The van der Waals surface area contributed by atoms with E-state index in [4.69, 9.17) is 0 Å². The molecule has 0 bridgehead atoms. The second kappa shape index (κ2) is 6.99. The van der Waals surface area contributed by atoms with E-state index in [0.717, 1.165) is 28.0 Å². The Morgan fingerprint density at radius 2 is 1.34 bits per heavy atom. The van der Waals surface area contributed by atoms with E-state index in [2.05, 4.69) is 10.1 Å². The van der Waals surface area contributed by atoms with Crippen molar-refractivity contribution in [3.63, 3.8) is 0 Å². The first kappa shape index (κ1) is 18.2. The molecule has 2 aromatic heterocycles. The molecule has 5 aromatic rings. The molecule has 0 saturated heterocycles. The SMILES string of the molecule is O=C1c2ccccc2C(=O)N1c1cccc(-c2ccnc3c(-c4ccccc4)cnn23)c1. The summed E-state index contributed by atoms with van der Waals surface area (Å²) < 4.78 is 1.78. The van der Waals surface area contributed by atoms with Gasteiger partial charge in [0.2, 0.25) is 0 Å². The number of amides is 2. The van der Waals surface area contributed by atoms with Gasteiger partial charge in [0.15, 0.2) is 5.65 Å². The number of carbonyl (C=O) groups excluding carboxylic acids is 2. The molecule has 6 nitrogen and oxygen atoms in total. The van der Waals surface area contributed by atoms with Crippen LogP contribution in [0.5, 0.6) is 0 Å². The lowest BCUT2D eigenvalue weighted by molar-refractivity contribution is 0.0926. The van der Waals surface area contributed by atoms with Crippen LogP contribution in [0.3, 0.4) is 0 Å². The zero-order valence-corrected chi connectivity index (χ0v) is 16.8. The summed E-state index contributed by atoms with van der Waals surface area (Å²) in [5.74, 6) is -0.624. The van der Waals surface area contributed by atoms with Crippen LogP contribution in [0.4, 0.5) is 5.69 Å². The van der Waals surface area contributed by atoms with E-state index >= 15 is 0 Å². The fraction of sp³-hybridized carbons (Fsp3) is 0. The van der Waals surface area contributed by atoms with E-state index in [-0.39, 0.29) is 11.8 Å². The third kappa shape index (κ3) is 2.66. The number of rotatable bonds is 3. The molecule has 1 aliphatic rings. The number of benzene rings is 3. The summed E-state index contributed by atoms with van der Waals surface area (Å²) in [5, 5.41) is 4.57. The van der Waals surface area contributed by atoms with Crippen molar-refractivity contribution < 1.29 is 9.59 Å². The zero-order valence-electron chi connectivity index (χ0n) is 16.8. The van der Waals surface area contributed by atoms with E-state index in [9.17, 15) is 9.59 Å². The van der Waals surface area contributed by atoms with Gasteiger partial charge < -0.3 is 0 Å². The monoisotopic (exact) mass is 416 g/mol. The van der Waals surface area contributed by atoms with Crippen molar-refractivity contribution in [3.05, 3.63) is 108 Å². The van der Waals surface area contributed by atoms with Gasteiger partial charge in [0, 0.05) is 17.3 Å². The molecule has 0 aliphatic carbocycles. The fourth-order valence-electron chi connectivity index (χ4n) is 4.16. The molecule has 2 amide bonds. The number of nitrogens with zero attached hydrogens (tertiary/aromatic N) is 4. The Morgan fingerprint density at radius 3 is 2.09 bits per heavy atom. The minimum Gasteiger partial charge on any atom is -0.268 e. The number of fused-ring (bicyclic) bond motifs is 2. The molecule has 0 atom stereocenters. The zero-order chi connectivity index (χ0) is 21.7. The minimum absolute atomic E-state index is 0.312. The van der Waals surface area contributed by atoms with Gasteiger partial charge in [-0.25, -0.2) is 14.4 Å². The van der Waals surface area contributed by atoms with Crippen molar-refractivity contribution >= 4 is 23.1 Å². The Bertz CT molecular complexity index is 1490. The Kier molecular flexibility index (Phi) is 3.98. The Labute approximate surface area is 183 Å². The van der Waals surface area contributed by atoms with E-state index in [1.165, 1.54) is 4.90 Å². The van der Waals surface area contributed by atoms with Gasteiger partial charge in [0.1, 0.15) is 0 Å². The fourth-order valence-corrected chi connectivity index (χ4v) is 4.16. The molecule has 0 saturated carbocycles. The molecule has 6 heteroatoms. The lowest BCUT2D eigenvalue weighted by Gasteiger charge is -2.15. The molecule has 3 heterocycles. The van der Waals surface area contributed by atoms with E-state index in [1.807, 2.05) is 54.6 Å². The van der Waals surface area contributed by atoms with Crippen molar-refractivity contribution in [1.82, 2.24) is 14.6 Å². The molecule has 0 unspecified atom stereocenters. The topological polar surface area (TPSA) is 67.6 Å². The molecular weight excluding hydrogens is 400 g/mol. The largest absolute Gasteiger partial charge is 0.268 e. The van der Waals surface area contributed by atoms with Crippen molar-refractivity contribution in [2.45, 2.75) is 0 Å². The smallest absolute Gasteiger partial charge is 0.266 e.